The number of aromatic nitrogens is 1. The molecule has 0 atom stereocenters. The van der Waals surface area contributed by atoms with Gasteiger partial charge in [-0.15, -0.1) is 0 Å². The Morgan fingerprint density at radius 3 is 2.83 bits per heavy atom. The van der Waals surface area contributed by atoms with Crippen molar-refractivity contribution in [3.63, 3.8) is 0 Å². The highest BCUT2D eigenvalue weighted by atomic mass is 15.2. The van der Waals surface area contributed by atoms with Gasteiger partial charge in [0, 0.05) is 24.5 Å². The summed E-state index contributed by atoms with van der Waals surface area (Å²) >= 11 is 0. The lowest BCUT2D eigenvalue weighted by atomic mass is 10.0. The van der Waals surface area contributed by atoms with Crippen molar-refractivity contribution in [2.24, 2.45) is 0 Å². The third kappa shape index (κ3) is 3.53. The molecule has 0 unspecified atom stereocenters. The predicted octanol–water partition coefficient (Wildman–Crippen LogP) is 2.35. The van der Waals surface area contributed by atoms with E-state index in [0.29, 0.717) is 0 Å². The van der Waals surface area contributed by atoms with Gasteiger partial charge in [0.2, 0.25) is 0 Å². The van der Waals surface area contributed by atoms with Crippen molar-refractivity contribution in [3.05, 3.63) is 29.6 Å². The van der Waals surface area contributed by atoms with Gasteiger partial charge in [0.25, 0.3) is 0 Å². The van der Waals surface area contributed by atoms with Crippen LogP contribution in [-0.4, -0.2) is 35.6 Å². The maximum absolute atomic E-state index is 4.40. The minimum Gasteiger partial charge on any atom is -0.317 e. The second-order valence-corrected chi connectivity index (χ2v) is 5.20. The summed E-state index contributed by atoms with van der Waals surface area (Å²) in [6, 6.07) is 5.01. The van der Waals surface area contributed by atoms with Crippen LogP contribution >= 0.6 is 0 Å². The molecule has 0 spiro atoms. The molecule has 0 bridgehead atoms. The fraction of sp³-hybridized carbons (Fsp3) is 0.667. The highest BCUT2D eigenvalue weighted by molar-refractivity contribution is 5.18. The molecule has 1 fully saturated rings. The second-order valence-electron chi connectivity index (χ2n) is 5.20. The minimum atomic E-state index is 0.741. The standard InChI is InChI=1S/C15H25N3/c1-3-11-18(15-6-9-16-10-7-15)12-14-5-4-8-17-13(14)2/h4-5,8,15-16H,3,6-7,9-12H2,1-2H3. The molecule has 2 heterocycles. The fourth-order valence-electron chi connectivity index (χ4n) is 2.75. The Morgan fingerprint density at radius 2 is 2.17 bits per heavy atom. The van der Waals surface area contributed by atoms with E-state index in [1.54, 1.807) is 0 Å². The van der Waals surface area contributed by atoms with Gasteiger partial charge in [0.05, 0.1) is 0 Å². The quantitative estimate of drug-likeness (QED) is 0.865. The molecule has 100 valence electrons. The van der Waals surface area contributed by atoms with Gasteiger partial charge < -0.3 is 5.32 Å². The van der Waals surface area contributed by atoms with Crippen molar-refractivity contribution in [2.45, 2.75) is 45.7 Å². The monoisotopic (exact) mass is 247 g/mol. The molecule has 1 N–H and O–H groups in total. The first-order chi connectivity index (χ1) is 8.81. The summed E-state index contributed by atoms with van der Waals surface area (Å²) in [5.74, 6) is 0. The Bertz CT molecular complexity index is 359. The van der Waals surface area contributed by atoms with Gasteiger partial charge in [-0.25, -0.2) is 0 Å². The van der Waals surface area contributed by atoms with Crippen LogP contribution in [0.1, 0.15) is 37.4 Å². The number of hydrogen-bond acceptors (Lipinski definition) is 3. The molecule has 2 rings (SSSR count). The molecule has 1 aliphatic heterocycles. The Balaban J connectivity index is 2.03. The summed E-state index contributed by atoms with van der Waals surface area (Å²) in [7, 11) is 0. The van der Waals surface area contributed by atoms with Crippen LogP contribution in [0.15, 0.2) is 18.3 Å². The van der Waals surface area contributed by atoms with Crippen molar-refractivity contribution >= 4 is 0 Å². The summed E-state index contributed by atoms with van der Waals surface area (Å²) < 4.78 is 0. The topological polar surface area (TPSA) is 28.2 Å². The Morgan fingerprint density at radius 1 is 1.39 bits per heavy atom. The van der Waals surface area contributed by atoms with Gasteiger partial charge in [0.15, 0.2) is 0 Å². The molecule has 1 aromatic heterocycles. The molecule has 3 nitrogen and oxygen atoms in total. The number of pyridine rings is 1. The number of piperidine rings is 1. The summed E-state index contributed by atoms with van der Waals surface area (Å²) in [4.78, 5) is 7.04. The van der Waals surface area contributed by atoms with E-state index < -0.39 is 0 Å². The van der Waals surface area contributed by atoms with Crippen molar-refractivity contribution in [1.29, 1.82) is 0 Å². The molecule has 3 heteroatoms. The van der Waals surface area contributed by atoms with Gasteiger partial charge in [-0.1, -0.05) is 13.0 Å². The molecule has 0 saturated carbocycles. The number of rotatable bonds is 5. The van der Waals surface area contributed by atoms with E-state index in [1.165, 1.54) is 37.1 Å². The van der Waals surface area contributed by atoms with E-state index in [0.717, 1.165) is 25.7 Å². The van der Waals surface area contributed by atoms with E-state index >= 15 is 0 Å². The van der Waals surface area contributed by atoms with E-state index in [4.69, 9.17) is 0 Å². The second kappa shape index (κ2) is 6.86. The first-order valence-electron chi connectivity index (χ1n) is 7.16. The highest BCUT2D eigenvalue weighted by Gasteiger charge is 2.20. The average molecular weight is 247 g/mol. The molecule has 1 aromatic rings. The van der Waals surface area contributed by atoms with Crippen LogP contribution in [0.3, 0.4) is 0 Å². The lowest BCUT2D eigenvalue weighted by Crippen LogP contribution is -2.43. The van der Waals surface area contributed by atoms with Gasteiger partial charge in [0.1, 0.15) is 0 Å². The van der Waals surface area contributed by atoms with Gasteiger partial charge in [-0.2, -0.15) is 0 Å². The Labute approximate surface area is 111 Å². The third-order valence-electron chi connectivity index (χ3n) is 3.83. The number of hydrogen-bond donors (Lipinski definition) is 1. The summed E-state index contributed by atoms with van der Waals surface area (Å²) in [6.45, 7) is 8.96. The fourth-order valence-corrected chi connectivity index (χ4v) is 2.75. The smallest absolute Gasteiger partial charge is 0.0417 e. The maximum Gasteiger partial charge on any atom is 0.0417 e. The van der Waals surface area contributed by atoms with Crippen molar-refractivity contribution in [3.8, 4) is 0 Å². The zero-order chi connectivity index (χ0) is 12.8. The van der Waals surface area contributed by atoms with Crippen LogP contribution in [-0.2, 0) is 6.54 Å². The van der Waals surface area contributed by atoms with Gasteiger partial charge >= 0.3 is 0 Å². The van der Waals surface area contributed by atoms with Crippen molar-refractivity contribution < 1.29 is 0 Å². The lowest BCUT2D eigenvalue weighted by molar-refractivity contribution is 0.153. The average Bonchev–Trinajstić information content (AvgIpc) is 2.42. The molecule has 18 heavy (non-hydrogen) atoms. The van der Waals surface area contributed by atoms with E-state index in [2.05, 4.69) is 41.2 Å². The van der Waals surface area contributed by atoms with E-state index in [-0.39, 0.29) is 0 Å². The Kier molecular flexibility index (Phi) is 5.14. The molecule has 0 radical (unpaired) electrons. The predicted molar refractivity (Wildman–Crippen MR) is 75.6 cm³/mol. The molecule has 0 amide bonds. The zero-order valence-corrected chi connectivity index (χ0v) is 11.7. The number of nitrogens with one attached hydrogen (secondary N) is 1. The summed E-state index contributed by atoms with van der Waals surface area (Å²) in [5.41, 5.74) is 2.55. The van der Waals surface area contributed by atoms with Crippen molar-refractivity contribution in [1.82, 2.24) is 15.2 Å². The molecular formula is C15H25N3. The summed E-state index contributed by atoms with van der Waals surface area (Å²) in [5, 5.41) is 3.45. The van der Waals surface area contributed by atoms with Crippen molar-refractivity contribution in [2.75, 3.05) is 19.6 Å². The van der Waals surface area contributed by atoms with Crippen LogP contribution in [0.25, 0.3) is 0 Å². The van der Waals surface area contributed by atoms with Crippen LogP contribution in [0, 0.1) is 6.92 Å². The lowest BCUT2D eigenvalue weighted by Gasteiger charge is -2.34. The van der Waals surface area contributed by atoms with Crippen LogP contribution in [0.2, 0.25) is 0 Å². The van der Waals surface area contributed by atoms with Gasteiger partial charge in [-0.3, -0.25) is 9.88 Å². The molecule has 1 aliphatic rings. The molecular weight excluding hydrogens is 222 g/mol. The highest BCUT2D eigenvalue weighted by Crippen LogP contribution is 2.17. The maximum atomic E-state index is 4.40. The van der Waals surface area contributed by atoms with Crippen LogP contribution in [0.4, 0.5) is 0 Å². The summed E-state index contributed by atoms with van der Waals surface area (Å²) in [6.07, 6.45) is 5.66. The number of aryl methyl sites for hydroxylation is 1. The normalized spacial score (nSPS) is 17.3. The minimum absolute atomic E-state index is 0.741. The Hall–Kier alpha value is -0.930. The molecule has 0 aromatic carbocycles. The zero-order valence-electron chi connectivity index (χ0n) is 11.7. The molecule has 0 aliphatic carbocycles. The number of nitrogens with zero attached hydrogens (tertiary/aromatic N) is 2. The first-order valence-corrected chi connectivity index (χ1v) is 7.16. The van der Waals surface area contributed by atoms with Gasteiger partial charge in [-0.05, 0) is 57.5 Å². The van der Waals surface area contributed by atoms with Crippen LogP contribution < -0.4 is 5.32 Å². The van der Waals surface area contributed by atoms with E-state index in [1.807, 2.05) is 6.20 Å². The SMILES string of the molecule is CCCN(Cc1cccnc1C)C1CCNCC1. The molecule has 1 saturated heterocycles. The largest absolute Gasteiger partial charge is 0.317 e. The van der Waals surface area contributed by atoms with E-state index in [9.17, 15) is 0 Å². The van der Waals surface area contributed by atoms with Crippen LogP contribution in [0.5, 0.6) is 0 Å². The first kappa shape index (κ1) is 13.5. The third-order valence-corrected chi connectivity index (χ3v) is 3.83.